The quantitative estimate of drug-likeness (QED) is 0.359. The molecule has 3 heteroatoms. The second-order valence-corrected chi connectivity index (χ2v) is 7.30. The van der Waals surface area contributed by atoms with E-state index < -0.39 is 5.30 Å². The molecule has 1 N–H and O–H groups in total. The molecule has 0 heterocycles. The summed E-state index contributed by atoms with van der Waals surface area (Å²) in [4.78, 5) is 10.3. The maximum absolute atomic E-state index is 10.3. The van der Waals surface area contributed by atoms with Crippen molar-refractivity contribution in [3.63, 3.8) is 0 Å². The zero-order valence-corrected chi connectivity index (χ0v) is 14.9. The zero-order chi connectivity index (χ0) is 16.0. The topological polar surface area (TPSA) is 37.3 Å². The van der Waals surface area contributed by atoms with Crippen LogP contribution in [-0.4, -0.2) is 10.4 Å². The van der Waals surface area contributed by atoms with Gasteiger partial charge in [0.1, 0.15) is 0 Å². The van der Waals surface area contributed by atoms with Gasteiger partial charge in [0.05, 0.1) is 0 Å². The molecule has 126 valence electrons. The first kappa shape index (κ1) is 19.4. The van der Waals surface area contributed by atoms with Crippen LogP contribution >= 0.6 is 11.8 Å². The Morgan fingerprint density at radius 1 is 1.05 bits per heavy atom. The van der Waals surface area contributed by atoms with Crippen molar-refractivity contribution < 1.29 is 9.90 Å². The summed E-state index contributed by atoms with van der Waals surface area (Å²) >= 11 is 0.689. The van der Waals surface area contributed by atoms with E-state index in [4.69, 9.17) is 5.11 Å². The van der Waals surface area contributed by atoms with Crippen LogP contribution in [0.5, 0.6) is 0 Å². The number of hydrogen-bond donors (Lipinski definition) is 1. The van der Waals surface area contributed by atoms with Gasteiger partial charge in [-0.15, -0.1) is 0 Å². The highest BCUT2D eigenvalue weighted by atomic mass is 32.2. The highest BCUT2D eigenvalue weighted by Crippen LogP contribution is 2.38. The van der Waals surface area contributed by atoms with Gasteiger partial charge in [0.25, 0.3) is 0 Å². The SMILES string of the molecule is CCCCCCCC[C@H]1CCC[C@@H]1CCCC#CSC(=O)O. The molecule has 0 bridgehead atoms. The number of unbranched alkanes of at least 4 members (excludes halogenated alkanes) is 6. The van der Waals surface area contributed by atoms with Crippen LogP contribution in [0, 0.1) is 23.0 Å². The van der Waals surface area contributed by atoms with Crippen LogP contribution < -0.4 is 0 Å². The molecular formula is C19H32O2S. The highest BCUT2D eigenvalue weighted by molar-refractivity contribution is 8.17. The van der Waals surface area contributed by atoms with Gasteiger partial charge in [-0.25, -0.2) is 4.79 Å². The lowest BCUT2D eigenvalue weighted by Gasteiger charge is -2.19. The Hall–Kier alpha value is -0.620. The Kier molecular flexibility index (Phi) is 11.4. The summed E-state index contributed by atoms with van der Waals surface area (Å²) in [6.45, 7) is 2.27. The third-order valence-electron chi connectivity index (χ3n) is 4.83. The Bertz CT molecular complexity index is 356. The van der Waals surface area contributed by atoms with Gasteiger partial charge in [-0.1, -0.05) is 77.1 Å². The van der Waals surface area contributed by atoms with Crippen LogP contribution in [0.1, 0.15) is 90.4 Å². The molecule has 0 unspecified atom stereocenters. The second kappa shape index (κ2) is 12.9. The van der Waals surface area contributed by atoms with Gasteiger partial charge in [-0.3, -0.25) is 0 Å². The third-order valence-corrected chi connectivity index (χ3v) is 5.25. The van der Waals surface area contributed by atoms with Crippen LogP contribution in [0.2, 0.25) is 0 Å². The molecular weight excluding hydrogens is 292 g/mol. The van der Waals surface area contributed by atoms with E-state index in [1.54, 1.807) is 0 Å². The molecule has 1 saturated carbocycles. The Morgan fingerprint density at radius 2 is 1.68 bits per heavy atom. The van der Waals surface area contributed by atoms with Gasteiger partial charge < -0.3 is 5.11 Å². The van der Waals surface area contributed by atoms with Crippen molar-refractivity contribution in [3.05, 3.63) is 0 Å². The maximum Gasteiger partial charge on any atom is 0.377 e. The second-order valence-electron chi connectivity index (χ2n) is 6.55. The third kappa shape index (κ3) is 9.41. The largest absolute Gasteiger partial charge is 0.472 e. The molecule has 1 rings (SSSR count). The van der Waals surface area contributed by atoms with Crippen molar-refractivity contribution in [1.82, 2.24) is 0 Å². The monoisotopic (exact) mass is 324 g/mol. The molecule has 0 amide bonds. The summed E-state index contributed by atoms with van der Waals surface area (Å²) in [5, 5.41) is 10.2. The molecule has 2 atom stereocenters. The molecule has 0 aromatic heterocycles. The van der Waals surface area contributed by atoms with Gasteiger partial charge in [0.15, 0.2) is 0 Å². The van der Waals surface area contributed by atoms with Gasteiger partial charge in [0.2, 0.25) is 0 Å². The predicted molar refractivity (Wildman–Crippen MR) is 96.1 cm³/mol. The first-order chi connectivity index (χ1) is 10.7. The first-order valence-electron chi connectivity index (χ1n) is 9.11. The minimum atomic E-state index is -0.901. The van der Waals surface area contributed by atoms with Crippen molar-refractivity contribution in [1.29, 1.82) is 0 Å². The summed E-state index contributed by atoms with van der Waals surface area (Å²) in [5.41, 5.74) is 0. The summed E-state index contributed by atoms with van der Waals surface area (Å²) < 4.78 is 0. The van der Waals surface area contributed by atoms with E-state index in [0.29, 0.717) is 11.8 Å². The Balaban J connectivity index is 2.07. The molecule has 0 saturated heterocycles. The predicted octanol–water partition coefficient (Wildman–Crippen LogP) is 6.70. The van der Waals surface area contributed by atoms with E-state index in [9.17, 15) is 4.79 Å². The van der Waals surface area contributed by atoms with E-state index in [1.807, 2.05) is 0 Å². The zero-order valence-electron chi connectivity index (χ0n) is 14.1. The smallest absolute Gasteiger partial charge is 0.377 e. The lowest BCUT2D eigenvalue weighted by molar-refractivity contribution is 0.222. The summed E-state index contributed by atoms with van der Waals surface area (Å²) in [6.07, 6.45) is 17.3. The standard InChI is InChI=1S/C19H32O2S/c1-2-3-4-5-6-8-12-17-14-11-15-18(17)13-9-7-10-16-22-19(20)21/h17-18H,2-9,11-15H2,1H3,(H,20,21)/t17-,18-/m0/s1. The molecule has 0 radical (unpaired) electrons. The number of rotatable bonds is 10. The number of hydrogen-bond acceptors (Lipinski definition) is 2. The molecule has 0 aliphatic heterocycles. The number of carbonyl (C=O) groups is 1. The lowest BCUT2D eigenvalue weighted by Crippen LogP contribution is -2.07. The fraction of sp³-hybridized carbons (Fsp3) is 0.842. The maximum atomic E-state index is 10.3. The van der Waals surface area contributed by atoms with Crippen LogP contribution in [0.15, 0.2) is 0 Å². The molecule has 1 aliphatic carbocycles. The molecule has 2 nitrogen and oxygen atoms in total. The molecule has 22 heavy (non-hydrogen) atoms. The average Bonchev–Trinajstić information content (AvgIpc) is 2.93. The Morgan fingerprint density at radius 3 is 2.36 bits per heavy atom. The van der Waals surface area contributed by atoms with Crippen LogP contribution in [0.4, 0.5) is 4.79 Å². The molecule has 0 spiro atoms. The number of thioether (sulfide) groups is 1. The van der Waals surface area contributed by atoms with E-state index >= 15 is 0 Å². The summed E-state index contributed by atoms with van der Waals surface area (Å²) in [5.74, 6) is 4.82. The average molecular weight is 325 g/mol. The van der Waals surface area contributed by atoms with Gasteiger partial charge in [0, 0.05) is 18.2 Å². The minimum absolute atomic E-state index is 0.689. The van der Waals surface area contributed by atoms with Gasteiger partial charge >= 0.3 is 5.30 Å². The summed E-state index contributed by atoms with van der Waals surface area (Å²) in [7, 11) is 0. The Labute approximate surface area is 140 Å². The number of carboxylic acid groups (broad SMARTS) is 1. The molecule has 1 aliphatic rings. The minimum Gasteiger partial charge on any atom is -0.472 e. The van der Waals surface area contributed by atoms with E-state index in [-0.39, 0.29) is 0 Å². The van der Waals surface area contributed by atoms with Crippen LogP contribution in [-0.2, 0) is 0 Å². The van der Waals surface area contributed by atoms with E-state index in [0.717, 1.165) is 24.7 Å². The van der Waals surface area contributed by atoms with Crippen LogP contribution in [0.3, 0.4) is 0 Å². The summed E-state index contributed by atoms with van der Waals surface area (Å²) in [6, 6.07) is 0. The molecule has 1 fully saturated rings. The molecule has 0 aromatic rings. The van der Waals surface area contributed by atoms with Crippen molar-refractivity contribution in [3.8, 4) is 11.2 Å². The first-order valence-corrected chi connectivity index (χ1v) is 9.93. The normalized spacial score (nSPS) is 20.6. The molecule has 0 aromatic carbocycles. The van der Waals surface area contributed by atoms with Crippen molar-refractivity contribution in [2.75, 3.05) is 0 Å². The van der Waals surface area contributed by atoms with Crippen LogP contribution in [0.25, 0.3) is 0 Å². The highest BCUT2D eigenvalue weighted by Gasteiger charge is 2.25. The van der Waals surface area contributed by atoms with Crippen molar-refractivity contribution in [2.45, 2.75) is 90.4 Å². The fourth-order valence-corrected chi connectivity index (χ4v) is 3.91. The fourth-order valence-electron chi connectivity index (χ4n) is 3.64. The van der Waals surface area contributed by atoms with Crippen molar-refractivity contribution in [2.24, 2.45) is 11.8 Å². The lowest BCUT2D eigenvalue weighted by atomic mass is 9.87. The van der Waals surface area contributed by atoms with Gasteiger partial charge in [-0.2, -0.15) is 0 Å². The van der Waals surface area contributed by atoms with E-state index in [1.165, 1.54) is 70.6 Å². The van der Waals surface area contributed by atoms with Gasteiger partial charge in [-0.05, 0) is 29.9 Å². The van der Waals surface area contributed by atoms with Crippen molar-refractivity contribution >= 4 is 17.1 Å². The van der Waals surface area contributed by atoms with E-state index in [2.05, 4.69) is 18.1 Å².